The molecule has 0 aliphatic heterocycles. The Hall–Kier alpha value is -2.49. The molecule has 1 unspecified atom stereocenters. The van der Waals surface area contributed by atoms with E-state index in [1.807, 2.05) is 63.2 Å². The number of hydrogen-bond donors (Lipinski definition) is 2. The molecule has 2 N–H and O–H groups in total. The lowest BCUT2D eigenvalue weighted by Gasteiger charge is -2.15. The number of hydrogen-bond acceptors (Lipinski definition) is 2. The van der Waals surface area contributed by atoms with E-state index in [0.29, 0.717) is 13.2 Å². The van der Waals surface area contributed by atoms with E-state index in [9.17, 15) is 4.79 Å². The molecular weight excluding hydrogens is 288 g/mol. The van der Waals surface area contributed by atoms with Gasteiger partial charge in [-0.25, -0.2) is 4.79 Å². The lowest BCUT2D eigenvalue weighted by molar-refractivity contribution is 0.233. The Morgan fingerprint density at radius 2 is 1.87 bits per heavy atom. The second-order valence-electron chi connectivity index (χ2n) is 5.65. The van der Waals surface area contributed by atoms with Crippen molar-refractivity contribution >= 4 is 6.03 Å². The zero-order valence-corrected chi connectivity index (χ0v) is 13.9. The van der Waals surface area contributed by atoms with Crippen molar-refractivity contribution in [3.8, 4) is 5.75 Å². The van der Waals surface area contributed by atoms with Crippen LogP contribution in [0.15, 0.2) is 48.5 Å². The summed E-state index contributed by atoms with van der Waals surface area (Å²) in [6.45, 7) is 6.90. The largest absolute Gasteiger partial charge is 0.491 e. The molecule has 2 rings (SSSR count). The van der Waals surface area contributed by atoms with E-state index in [-0.39, 0.29) is 12.1 Å². The number of carbonyl (C=O) groups is 1. The van der Waals surface area contributed by atoms with E-state index in [1.165, 1.54) is 0 Å². The number of nitrogens with one attached hydrogen (secondary N) is 2. The van der Waals surface area contributed by atoms with Gasteiger partial charge in [0.1, 0.15) is 12.4 Å². The van der Waals surface area contributed by atoms with Crippen molar-refractivity contribution in [2.75, 3.05) is 13.2 Å². The van der Waals surface area contributed by atoms with Gasteiger partial charge in [0.2, 0.25) is 0 Å². The summed E-state index contributed by atoms with van der Waals surface area (Å²) in [4.78, 5) is 11.9. The second kappa shape index (κ2) is 8.22. The Balaban J connectivity index is 1.72. The third kappa shape index (κ3) is 5.33. The molecule has 0 aromatic heterocycles. The van der Waals surface area contributed by atoms with Crippen molar-refractivity contribution in [3.05, 3.63) is 65.2 Å². The van der Waals surface area contributed by atoms with Crippen LogP contribution in [-0.2, 0) is 0 Å². The predicted octanol–water partition coefficient (Wildman–Crippen LogP) is 3.74. The van der Waals surface area contributed by atoms with Gasteiger partial charge in [0, 0.05) is 0 Å². The van der Waals surface area contributed by atoms with Gasteiger partial charge in [-0.3, -0.25) is 0 Å². The summed E-state index contributed by atoms with van der Waals surface area (Å²) in [6, 6.07) is 15.7. The number of aryl methyl sites for hydroxylation is 2. The number of carbonyl (C=O) groups excluding carboxylic acids is 1. The van der Waals surface area contributed by atoms with Crippen molar-refractivity contribution in [2.45, 2.75) is 26.8 Å². The van der Waals surface area contributed by atoms with Crippen LogP contribution in [0.5, 0.6) is 5.75 Å². The zero-order chi connectivity index (χ0) is 16.7. The fourth-order valence-corrected chi connectivity index (χ4v) is 2.26. The molecular formula is C19H24N2O2. The van der Waals surface area contributed by atoms with Gasteiger partial charge in [0.05, 0.1) is 12.6 Å². The van der Waals surface area contributed by atoms with Gasteiger partial charge in [0.15, 0.2) is 0 Å². The van der Waals surface area contributed by atoms with Gasteiger partial charge in [-0.05, 0) is 43.5 Å². The average molecular weight is 312 g/mol. The normalized spacial score (nSPS) is 11.6. The quantitative estimate of drug-likeness (QED) is 0.798. The molecule has 0 heterocycles. The molecule has 0 aliphatic carbocycles. The molecule has 0 saturated carbocycles. The third-order valence-corrected chi connectivity index (χ3v) is 3.64. The van der Waals surface area contributed by atoms with E-state index in [4.69, 9.17) is 4.74 Å². The molecule has 4 nitrogen and oxygen atoms in total. The van der Waals surface area contributed by atoms with Gasteiger partial charge in [-0.2, -0.15) is 0 Å². The van der Waals surface area contributed by atoms with E-state index < -0.39 is 0 Å². The van der Waals surface area contributed by atoms with E-state index in [2.05, 4.69) is 16.7 Å². The lowest BCUT2D eigenvalue weighted by atomic mass is 10.1. The van der Waals surface area contributed by atoms with Crippen LogP contribution in [0.25, 0.3) is 0 Å². The second-order valence-corrected chi connectivity index (χ2v) is 5.65. The van der Waals surface area contributed by atoms with Crippen LogP contribution in [0.2, 0.25) is 0 Å². The summed E-state index contributed by atoms with van der Waals surface area (Å²) in [5.74, 6) is 0.866. The number of urea groups is 1. The fraction of sp³-hybridized carbons (Fsp3) is 0.316. The Labute approximate surface area is 137 Å². The summed E-state index contributed by atoms with van der Waals surface area (Å²) >= 11 is 0. The molecule has 0 spiro atoms. The summed E-state index contributed by atoms with van der Waals surface area (Å²) in [5, 5.41) is 5.72. The first-order valence-corrected chi connectivity index (χ1v) is 7.85. The fourth-order valence-electron chi connectivity index (χ4n) is 2.26. The van der Waals surface area contributed by atoms with Crippen molar-refractivity contribution < 1.29 is 9.53 Å². The number of rotatable bonds is 6. The third-order valence-electron chi connectivity index (χ3n) is 3.64. The minimum atomic E-state index is -0.189. The molecule has 0 fully saturated rings. The summed E-state index contributed by atoms with van der Waals surface area (Å²) in [5.41, 5.74) is 3.33. The molecule has 2 aromatic rings. The molecule has 4 heteroatoms. The highest BCUT2D eigenvalue weighted by atomic mass is 16.5. The highest BCUT2D eigenvalue weighted by molar-refractivity contribution is 5.74. The molecule has 2 amide bonds. The standard InChI is InChI=1S/C19H24N2O2/c1-14-9-10-15(2)18(13-14)23-12-11-20-19(22)21-16(3)17-7-5-4-6-8-17/h4-10,13,16H,11-12H2,1-3H3,(H2,20,21,22). The van der Waals surface area contributed by atoms with Crippen LogP contribution in [0, 0.1) is 13.8 Å². The lowest BCUT2D eigenvalue weighted by Crippen LogP contribution is -2.39. The van der Waals surface area contributed by atoms with E-state index in [1.54, 1.807) is 0 Å². The first-order chi connectivity index (χ1) is 11.1. The highest BCUT2D eigenvalue weighted by Crippen LogP contribution is 2.18. The van der Waals surface area contributed by atoms with Crippen LogP contribution in [0.4, 0.5) is 4.79 Å². The molecule has 1 atom stereocenters. The average Bonchev–Trinajstić information content (AvgIpc) is 2.55. The first-order valence-electron chi connectivity index (χ1n) is 7.85. The van der Waals surface area contributed by atoms with Crippen molar-refractivity contribution in [1.82, 2.24) is 10.6 Å². The summed E-state index contributed by atoms with van der Waals surface area (Å²) in [6.07, 6.45) is 0. The van der Waals surface area contributed by atoms with Crippen LogP contribution < -0.4 is 15.4 Å². The van der Waals surface area contributed by atoms with Gasteiger partial charge in [-0.15, -0.1) is 0 Å². The maximum atomic E-state index is 11.9. The van der Waals surface area contributed by atoms with Crippen LogP contribution >= 0.6 is 0 Å². The van der Waals surface area contributed by atoms with E-state index >= 15 is 0 Å². The SMILES string of the molecule is Cc1ccc(C)c(OCCNC(=O)NC(C)c2ccccc2)c1. The Morgan fingerprint density at radius 3 is 2.61 bits per heavy atom. The minimum absolute atomic E-state index is 0.0314. The predicted molar refractivity (Wildman–Crippen MR) is 92.8 cm³/mol. The van der Waals surface area contributed by atoms with E-state index in [0.717, 1.165) is 22.4 Å². The first kappa shape index (κ1) is 16.9. The highest BCUT2D eigenvalue weighted by Gasteiger charge is 2.08. The molecule has 23 heavy (non-hydrogen) atoms. The molecule has 0 saturated heterocycles. The molecule has 0 radical (unpaired) electrons. The number of amides is 2. The van der Waals surface area contributed by atoms with Gasteiger partial charge < -0.3 is 15.4 Å². The summed E-state index contributed by atoms with van der Waals surface area (Å²) < 4.78 is 5.72. The van der Waals surface area contributed by atoms with Crippen LogP contribution in [0.3, 0.4) is 0 Å². The topological polar surface area (TPSA) is 50.4 Å². The van der Waals surface area contributed by atoms with Crippen molar-refractivity contribution in [3.63, 3.8) is 0 Å². The van der Waals surface area contributed by atoms with Crippen molar-refractivity contribution in [1.29, 1.82) is 0 Å². The van der Waals surface area contributed by atoms with Crippen LogP contribution in [-0.4, -0.2) is 19.2 Å². The number of ether oxygens (including phenoxy) is 1. The summed E-state index contributed by atoms with van der Waals surface area (Å²) in [7, 11) is 0. The zero-order valence-electron chi connectivity index (χ0n) is 13.9. The Bertz CT molecular complexity index is 641. The smallest absolute Gasteiger partial charge is 0.315 e. The van der Waals surface area contributed by atoms with Crippen molar-refractivity contribution in [2.24, 2.45) is 0 Å². The molecule has 122 valence electrons. The Kier molecular flexibility index (Phi) is 6.03. The molecule has 0 aliphatic rings. The Morgan fingerprint density at radius 1 is 1.13 bits per heavy atom. The maximum Gasteiger partial charge on any atom is 0.315 e. The molecule has 2 aromatic carbocycles. The van der Waals surface area contributed by atoms with Gasteiger partial charge in [0.25, 0.3) is 0 Å². The minimum Gasteiger partial charge on any atom is -0.491 e. The molecule has 0 bridgehead atoms. The maximum absolute atomic E-state index is 11.9. The van der Waals surface area contributed by atoms with Gasteiger partial charge >= 0.3 is 6.03 Å². The van der Waals surface area contributed by atoms with Crippen LogP contribution in [0.1, 0.15) is 29.7 Å². The number of benzene rings is 2. The van der Waals surface area contributed by atoms with Gasteiger partial charge in [-0.1, -0.05) is 42.5 Å². The monoisotopic (exact) mass is 312 g/mol.